The molecule has 2 nitrogen and oxygen atoms in total. The smallest absolute Gasteiger partial charge is 0.423 e. The van der Waals surface area contributed by atoms with Gasteiger partial charge in [0.2, 0.25) is 0 Å². The van der Waals surface area contributed by atoms with Crippen LogP contribution in [0.4, 0.5) is 0 Å². The van der Waals surface area contributed by atoms with E-state index in [-0.39, 0.29) is 0 Å². The number of hydrogen-bond donors (Lipinski definition) is 1. The molecule has 17 heavy (non-hydrogen) atoms. The minimum absolute atomic E-state index is 0.431. The summed E-state index contributed by atoms with van der Waals surface area (Å²) < 4.78 is 5.17. The van der Waals surface area contributed by atoms with Crippen molar-refractivity contribution in [3.05, 3.63) is 39.7 Å². The Morgan fingerprint density at radius 1 is 1.41 bits per heavy atom. The average Bonchev–Trinajstić information content (AvgIpc) is 2.85. The van der Waals surface area contributed by atoms with Crippen LogP contribution in [0.3, 0.4) is 0 Å². The molecule has 0 fully saturated rings. The molecule has 2 aromatic rings. The third kappa shape index (κ3) is 1.91. The summed E-state index contributed by atoms with van der Waals surface area (Å²) in [5, 5.41) is 10.4. The van der Waals surface area contributed by atoms with Crippen molar-refractivity contribution in [2.75, 3.05) is 0 Å². The molecule has 1 aromatic carbocycles. The second-order valence-corrected chi connectivity index (χ2v) is 5.80. The predicted octanol–water partition coefficient (Wildman–Crippen LogP) is 2.59. The van der Waals surface area contributed by atoms with Gasteiger partial charge in [-0.3, -0.25) is 0 Å². The normalized spacial score (nSPS) is 14.2. The summed E-state index contributed by atoms with van der Waals surface area (Å²) in [5.41, 5.74) is 2.77. The van der Waals surface area contributed by atoms with Gasteiger partial charge in [0.05, 0.1) is 6.61 Å². The first-order valence-corrected chi connectivity index (χ1v) is 6.53. The molecule has 5 heteroatoms. The molecule has 0 aliphatic carbocycles. The minimum atomic E-state index is -0.818. The molecule has 0 spiro atoms. The zero-order valence-electron chi connectivity index (χ0n) is 9.24. The van der Waals surface area contributed by atoms with Crippen molar-refractivity contribution in [3.63, 3.8) is 0 Å². The highest BCUT2D eigenvalue weighted by Crippen LogP contribution is 2.34. The summed E-state index contributed by atoms with van der Waals surface area (Å²) in [6.45, 7) is 2.49. The summed E-state index contributed by atoms with van der Waals surface area (Å²) in [7, 11) is -0.818. The van der Waals surface area contributed by atoms with E-state index in [0.29, 0.717) is 11.6 Å². The SMILES string of the molecule is Cc1ccc(-c2cc3c(cc2Cl)COB3O)s1. The number of fused-ring (bicyclic) bond motifs is 1. The van der Waals surface area contributed by atoms with Crippen LogP contribution in [0.2, 0.25) is 5.02 Å². The molecular formula is C12H10BClO2S. The molecule has 0 amide bonds. The third-order valence-electron chi connectivity index (χ3n) is 2.90. The summed E-state index contributed by atoms with van der Waals surface area (Å²) in [6, 6.07) is 7.93. The Balaban J connectivity index is 2.15. The fourth-order valence-corrected chi connectivity index (χ4v) is 3.25. The lowest BCUT2D eigenvalue weighted by molar-refractivity contribution is 0.275. The molecule has 1 N–H and O–H groups in total. The molecule has 0 radical (unpaired) electrons. The van der Waals surface area contributed by atoms with Gasteiger partial charge in [-0.1, -0.05) is 17.7 Å². The number of rotatable bonds is 1. The minimum Gasteiger partial charge on any atom is -0.423 e. The summed E-state index contributed by atoms with van der Waals surface area (Å²) >= 11 is 7.96. The van der Waals surface area contributed by atoms with E-state index in [0.717, 1.165) is 21.5 Å². The second-order valence-electron chi connectivity index (χ2n) is 4.10. The highest BCUT2D eigenvalue weighted by Gasteiger charge is 2.28. The van der Waals surface area contributed by atoms with Gasteiger partial charge in [0.1, 0.15) is 0 Å². The number of benzene rings is 1. The molecule has 3 rings (SSSR count). The highest BCUT2D eigenvalue weighted by molar-refractivity contribution is 7.15. The Morgan fingerprint density at radius 3 is 2.94 bits per heavy atom. The Labute approximate surface area is 109 Å². The van der Waals surface area contributed by atoms with Crippen LogP contribution in [0.15, 0.2) is 24.3 Å². The van der Waals surface area contributed by atoms with E-state index in [2.05, 4.69) is 19.1 Å². The lowest BCUT2D eigenvalue weighted by Gasteiger charge is -2.05. The first kappa shape index (κ1) is 11.3. The van der Waals surface area contributed by atoms with Crippen LogP contribution in [0.25, 0.3) is 10.4 Å². The Bertz CT molecular complexity index is 582. The van der Waals surface area contributed by atoms with Crippen LogP contribution in [0, 0.1) is 6.92 Å². The van der Waals surface area contributed by atoms with Crippen molar-refractivity contribution < 1.29 is 9.68 Å². The van der Waals surface area contributed by atoms with Crippen LogP contribution >= 0.6 is 22.9 Å². The number of halogens is 1. The van der Waals surface area contributed by atoms with Gasteiger partial charge in [-0.05, 0) is 36.1 Å². The fourth-order valence-electron chi connectivity index (χ4n) is 2.01. The fraction of sp³-hybridized carbons (Fsp3) is 0.167. The van der Waals surface area contributed by atoms with Crippen molar-refractivity contribution in [3.8, 4) is 10.4 Å². The summed E-state index contributed by atoms with van der Waals surface area (Å²) in [6.07, 6.45) is 0. The monoisotopic (exact) mass is 264 g/mol. The largest absolute Gasteiger partial charge is 0.491 e. The zero-order valence-corrected chi connectivity index (χ0v) is 10.8. The van der Waals surface area contributed by atoms with E-state index in [4.69, 9.17) is 16.3 Å². The predicted molar refractivity (Wildman–Crippen MR) is 71.9 cm³/mol. The number of thiophene rings is 1. The molecule has 2 heterocycles. The molecule has 0 saturated carbocycles. The quantitative estimate of drug-likeness (QED) is 0.802. The summed E-state index contributed by atoms with van der Waals surface area (Å²) in [4.78, 5) is 2.36. The molecule has 1 aliphatic rings. The van der Waals surface area contributed by atoms with Crippen LogP contribution in [-0.4, -0.2) is 12.1 Å². The highest BCUT2D eigenvalue weighted by atomic mass is 35.5. The molecule has 1 aliphatic heterocycles. The molecule has 0 bridgehead atoms. The van der Waals surface area contributed by atoms with Crippen molar-refractivity contribution in [1.82, 2.24) is 0 Å². The molecule has 0 unspecified atom stereocenters. The van der Waals surface area contributed by atoms with Gasteiger partial charge in [-0.15, -0.1) is 11.3 Å². The van der Waals surface area contributed by atoms with Gasteiger partial charge < -0.3 is 9.68 Å². The maximum absolute atomic E-state index is 9.69. The topological polar surface area (TPSA) is 29.5 Å². The van der Waals surface area contributed by atoms with Crippen molar-refractivity contribution >= 4 is 35.5 Å². The lowest BCUT2D eigenvalue weighted by atomic mass is 9.78. The molecule has 1 aromatic heterocycles. The standard InChI is InChI=1S/C12H10BClO2S/c1-7-2-3-12(17-7)9-5-10-8(4-11(9)14)6-16-13(10)15/h2-5,15H,6H2,1H3. The maximum atomic E-state index is 9.69. The number of aryl methyl sites for hydroxylation is 1. The van der Waals surface area contributed by atoms with Gasteiger partial charge in [0.15, 0.2) is 0 Å². The number of hydrogen-bond acceptors (Lipinski definition) is 3. The first-order valence-electron chi connectivity index (χ1n) is 5.34. The maximum Gasteiger partial charge on any atom is 0.491 e. The molecule has 0 atom stereocenters. The van der Waals surface area contributed by atoms with Crippen LogP contribution in [0.1, 0.15) is 10.4 Å². The Kier molecular flexibility index (Phi) is 2.75. The first-order chi connectivity index (χ1) is 8.15. The summed E-state index contributed by atoms with van der Waals surface area (Å²) in [5.74, 6) is 0. The average molecular weight is 265 g/mol. The van der Waals surface area contributed by atoms with E-state index in [9.17, 15) is 5.02 Å². The van der Waals surface area contributed by atoms with E-state index in [1.54, 1.807) is 11.3 Å². The molecule has 0 saturated heterocycles. The molecule has 86 valence electrons. The van der Waals surface area contributed by atoms with Gasteiger partial charge in [0, 0.05) is 20.3 Å². The van der Waals surface area contributed by atoms with E-state index >= 15 is 0 Å². The van der Waals surface area contributed by atoms with Crippen molar-refractivity contribution in [1.29, 1.82) is 0 Å². The van der Waals surface area contributed by atoms with Crippen molar-refractivity contribution in [2.24, 2.45) is 0 Å². The molecular weight excluding hydrogens is 254 g/mol. The van der Waals surface area contributed by atoms with Crippen molar-refractivity contribution in [2.45, 2.75) is 13.5 Å². The van der Waals surface area contributed by atoms with E-state index in [1.807, 2.05) is 12.1 Å². The van der Waals surface area contributed by atoms with Gasteiger partial charge >= 0.3 is 7.12 Å². The van der Waals surface area contributed by atoms with Crippen LogP contribution in [0.5, 0.6) is 0 Å². The Morgan fingerprint density at radius 2 is 2.24 bits per heavy atom. The second kappa shape index (κ2) is 4.14. The zero-order chi connectivity index (χ0) is 12.0. The van der Waals surface area contributed by atoms with Crippen LogP contribution < -0.4 is 5.46 Å². The Hall–Kier alpha value is -0.805. The van der Waals surface area contributed by atoms with Gasteiger partial charge in [-0.2, -0.15) is 0 Å². The van der Waals surface area contributed by atoms with E-state index < -0.39 is 7.12 Å². The van der Waals surface area contributed by atoms with Gasteiger partial charge in [0.25, 0.3) is 0 Å². The van der Waals surface area contributed by atoms with Gasteiger partial charge in [-0.25, -0.2) is 0 Å². The lowest BCUT2D eigenvalue weighted by Crippen LogP contribution is -2.28. The van der Waals surface area contributed by atoms with E-state index in [1.165, 1.54) is 4.88 Å². The van der Waals surface area contributed by atoms with Crippen LogP contribution in [-0.2, 0) is 11.3 Å². The third-order valence-corrected chi connectivity index (χ3v) is 4.24.